The first-order valence-electron chi connectivity index (χ1n) is 11.5. The molecule has 1 aliphatic heterocycles. The van der Waals surface area contributed by atoms with Gasteiger partial charge in [-0.1, -0.05) is 6.08 Å². The predicted molar refractivity (Wildman–Crippen MR) is 131 cm³/mol. The molecule has 37 heavy (non-hydrogen) atoms. The number of aryl methyl sites for hydroxylation is 1. The number of alkyl halides is 3. The molecule has 0 saturated carbocycles. The average molecular weight is 514 g/mol. The van der Waals surface area contributed by atoms with Gasteiger partial charge in [-0.05, 0) is 49.6 Å². The zero-order valence-electron chi connectivity index (χ0n) is 20.8. The van der Waals surface area contributed by atoms with Crippen molar-refractivity contribution in [1.82, 2.24) is 29.5 Å². The summed E-state index contributed by atoms with van der Waals surface area (Å²) in [6, 6.07) is 3.89. The number of urea groups is 1. The number of pyridine rings is 2. The molecule has 9 nitrogen and oxygen atoms in total. The van der Waals surface area contributed by atoms with E-state index in [2.05, 4.69) is 20.4 Å². The van der Waals surface area contributed by atoms with Gasteiger partial charge >= 0.3 is 12.2 Å². The van der Waals surface area contributed by atoms with Crippen molar-refractivity contribution in [2.45, 2.75) is 26.4 Å². The van der Waals surface area contributed by atoms with E-state index in [1.807, 2.05) is 19.1 Å². The Morgan fingerprint density at radius 2 is 1.84 bits per heavy atom. The number of hydrogen-bond donors (Lipinski definition) is 1. The highest BCUT2D eigenvalue weighted by atomic mass is 19.4. The monoisotopic (exact) mass is 513 g/mol. The van der Waals surface area contributed by atoms with Gasteiger partial charge in [0.15, 0.2) is 5.82 Å². The van der Waals surface area contributed by atoms with Crippen LogP contribution in [-0.2, 0) is 6.18 Å². The van der Waals surface area contributed by atoms with Gasteiger partial charge in [0, 0.05) is 33.4 Å². The van der Waals surface area contributed by atoms with Crippen LogP contribution in [0.25, 0.3) is 11.4 Å². The molecule has 1 N–H and O–H groups in total. The molecular formula is C25H26F3N7O2. The molecule has 0 fully saturated rings. The summed E-state index contributed by atoms with van der Waals surface area (Å²) >= 11 is 0. The van der Waals surface area contributed by atoms with E-state index in [1.54, 1.807) is 37.0 Å². The van der Waals surface area contributed by atoms with Gasteiger partial charge in [0.2, 0.25) is 0 Å². The Balaban J connectivity index is 1.46. The number of anilines is 1. The summed E-state index contributed by atoms with van der Waals surface area (Å²) in [7, 11) is 3.44. The fourth-order valence-electron chi connectivity index (χ4n) is 4.06. The van der Waals surface area contributed by atoms with Crippen molar-refractivity contribution >= 4 is 23.2 Å². The Hall–Kier alpha value is -4.22. The van der Waals surface area contributed by atoms with Gasteiger partial charge in [-0.2, -0.15) is 18.3 Å². The Bertz CT molecular complexity index is 1360. The summed E-state index contributed by atoms with van der Waals surface area (Å²) in [6.07, 6.45) is 1.81. The molecule has 0 atom stereocenters. The van der Waals surface area contributed by atoms with Crippen LogP contribution in [0, 0.1) is 13.8 Å². The second-order valence-electron chi connectivity index (χ2n) is 8.90. The molecule has 0 saturated heterocycles. The van der Waals surface area contributed by atoms with Crippen molar-refractivity contribution in [3.8, 4) is 5.82 Å². The first-order valence-corrected chi connectivity index (χ1v) is 11.5. The van der Waals surface area contributed by atoms with Gasteiger partial charge in [-0.25, -0.2) is 14.5 Å². The van der Waals surface area contributed by atoms with Crippen molar-refractivity contribution in [2.24, 2.45) is 0 Å². The van der Waals surface area contributed by atoms with Gasteiger partial charge in [-0.15, -0.1) is 0 Å². The average Bonchev–Trinajstić information content (AvgIpc) is 3.24. The summed E-state index contributed by atoms with van der Waals surface area (Å²) in [6.45, 7) is 4.63. The Kier molecular flexibility index (Phi) is 7.01. The lowest BCUT2D eigenvalue weighted by Crippen LogP contribution is -2.41. The number of nitrogens with zero attached hydrogens (tertiary/aromatic N) is 6. The van der Waals surface area contributed by atoms with Crippen molar-refractivity contribution in [2.75, 3.05) is 32.5 Å². The van der Waals surface area contributed by atoms with Gasteiger partial charge in [0.25, 0.3) is 5.91 Å². The number of amides is 3. The van der Waals surface area contributed by atoms with E-state index in [-0.39, 0.29) is 17.4 Å². The molecule has 0 aromatic carbocycles. The van der Waals surface area contributed by atoms with E-state index in [4.69, 9.17) is 0 Å². The standard InChI is InChI=1S/C25H26F3N7O2/c1-15-11-19(13-30-22(15)17-7-9-34(10-8-17)24(37)33(3)4)32-23(36)20-14-31-35(16(20)2)21-6-5-18(12-29-21)25(26,27)28/h5-7,11-14H,8-10H2,1-4H3,(H,32,36). The zero-order chi connectivity index (χ0) is 26.9. The second kappa shape index (κ2) is 10.0. The van der Waals surface area contributed by atoms with E-state index >= 15 is 0 Å². The predicted octanol–water partition coefficient (Wildman–Crippen LogP) is 4.32. The summed E-state index contributed by atoms with van der Waals surface area (Å²) < 4.78 is 39.7. The minimum absolute atomic E-state index is 0.0363. The fraction of sp³-hybridized carbons (Fsp3) is 0.320. The van der Waals surface area contributed by atoms with Crippen LogP contribution >= 0.6 is 0 Å². The summed E-state index contributed by atoms with van der Waals surface area (Å²) in [5.74, 6) is -0.266. The van der Waals surface area contributed by atoms with E-state index in [0.717, 1.165) is 29.1 Å². The summed E-state index contributed by atoms with van der Waals surface area (Å²) in [4.78, 5) is 36.7. The molecule has 3 aromatic heterocycles. The van der Waals surface area contributed by atoms with E-state index in [0.29, 0.717) is 30.9 Å². The molecule has 4 rings (SSSR count). The number of aromatic nitrogens is 4. The van der Waals surface area contributed by atoms with Crippen molar-refractivity contribution in [3.05, 3.63) is 70.9 Å². The molecule has 4 heterocycles. The van der Waals surface area contributed by atoms with Crippen molar-refractivity contribution in [3.63, 3.8) is 0 Å². The van der Waals surface area contributed by atoms with Crippen LogP contribution in [0.2, 0.25) is 0 Å². The molecule has 12 heteroatoms. The van der Waals surface area contributed by atoms with Crippen molar-refractivity contribution in [1.29, 1.82) is 0 Å². The van der Waals surface area contributed by atoms with E-state index in [9.17, 15) is 22.8 Å². The maximum atomic E-state index is 12.9. The molecule has 0 spiro atoms. The Labute approximate surface area is 211 Å². The number of rotatable bonds is 4. The summed E-state index contributed by atoms with van der Waals surface area (Å²) in [5.41, 5.74) is 3.03. The molecule has 0 bridgehead atoms. The van der Waals surface area contributed by atoms with Crippen LogP contribution in [0.1, 0.15) is 39.3 Å². The molecule has 194 valence electrons. The van der Waals surface area contributed by atoms with Crippen molar-refractivity contribution < 1.29 is 22.8 Å². The highest BCUT2D eigenvalue weighted by Gasteiger charge is 2.31. The molecule has 0 aliphatic carbocycles. The molecular weight excluding hydrogens is 487 g/mol. The highest BCUT2D eigenvalue weighted by Crippen LogP contribution is 2.29. The number of halogens is 3. The lowest BCUT2D eigenvalue weighted by atomic mass is 10.0. The first kappa shape index (κ1) is 25.9. The molecule has 3 amide bonds. The van der Waals surface area contributed by atoms with Gasteiger partial charge in [0.05, 0.1) is 40.6 Å². The van der Waals surface area contributed by atoms with Gasteiger partial charge in [0.1, 0.15) is 0 Å². The third-order valence-corrected chi connectivity index (χ3v) is 6.05. The van der Waals surface area contributed by atoms with Crippen LogP contribution in [0.3, 0.4) is 0 Å². The summed E-state index contributed by atoms with van der Waals surface area (Å²) in [5, 5.41) is 6.92. The first-order chi connectivity index (χ1) is 17.5. The van der Waals surface area contributed by atoms with E-state index < -0.39 is 17.6 Å². The maximum absolute atomic E-state index is 12.9. The Morgan fingerprint density at radius 1 is 1.08 bits per heavy atom. The number of nitrogens with one attached hydrogen (secondary N) is 1. The Morgan fingerprint density at radius 3 is 2.41 bits per heavy atom. The lowest BCUT2D eigenvalue weighted by molar-refractivity contribution is -0.137. The third-order valence-electron chi connectivity index (χ3n) is 6.05. The minimum atomic E-state index is -4.49. The molecule has 0 unspecified atom stereocenters. The lowest BCUT2D eigenvalue weighted by Gasteiger charge is -2.29. The minimum Gasteiger partial charge on any atom is -0.331 e. The van der Waals surface area contributed by atoms with Crippen LogP contribution in [0.15, 0.2) is 42.9 Å². The largest absolute Gasteiger partial charge is 0.417 e. The number of hydrogen-bond acceptors (Lipinski definition) is 5. The number of carbonyl (C=O) groups excluding carboxylic acids is 2. The van der Waals surface area contributed by atoms with Crippen LogP contribution in [-0.4, -0.2) is 68.7 Å². The topological polar surface area (TPSA) is 96.2 Å². The van der Waals surface area contributed by atoms with Gasteiger partial charge < -0.3 is 15.1 Å². The number of carbonyl (C=O) groups is 2. The van der Waals surface area contributed by atoms with Crippen LogP contribution < -0.4 is 5.32 Å². The normalized spacial score (nSPS) is 13.8. The second-order valence-corrected chi connectivity index (χ2v) is 8.90. The van der Waals surface area contributed by atoms with Gasteiger partial charge in [-0.3, -0.25) is 9.78 Å². The highest BCUT2D eigenvalue weighted by molar-refractivity contribution is 6.05. The maximum Gasteiger partial charge on any atom is 0.417 e. The molecule has 3 aromatic rings. The zero-order valence-corrected chi connectivity index (χ0v) is 20.8. The third kappa shape index (κ3) is 5.47. The fourth-order valence-corrected chi connectivity index (χ4v) is 4.06. The SMILES string of the molecule is Cc1cc(NC(=O)c2cnn(-c3ccc(C(F)(F)F)cn3)c2C)cnc1C1=CCN(C(=O)N(C)C)CC1. The molecule has 0 radical (unpaired) electrons. The smallest absolute Gasteiger partial charge is 0.331 e. The van der Waals surface area contributed by atoms with Crippen LogP contribution in [0.4, 0.5) is 23.7 Å². The van der Waals surface area contributed by atoms with Crippen LogP contribution in [0.5, 0.6) is 0 Å². The quantitative estimate of drug-likeness (QED) is 0.561. The van der Waals surface area contributed by atoms with E-state index in [1.165, 1.54) is 16.9 Å². The molecule has 1 aliphatic rings.